The molecule has 0 aromatic carbocycles. The molecule has 1 aliphatic rings. The Morgan fingerprint density at radius 3 is 2.94 bits per heavy atom. The molecule has 7 nitrogen and oxygen atoms in total. The van der Waals surface area contributed by atoms with E-state index in [2.05, 4.69) is 20.4 Å². The largest absolute Gasteiger partial charge is 0.349 e. The average molecular weight is 420 g/mol. The monoisotopic (exact) mass is 420 g/mol. The third kappa shape index (κ3) is 3.89. The van der Waals surface area contributed by atoms with Gasteiger partial charge in [-0.2, -0.15) is 5.10 Å². The lowest BCUT2D eigenvalue weighted by Crippen LogP contribution is -2.35. The summed E-state index contributed by atoms with van der Waals surface area (Å²) in [6.07, 6.45) is 11.9. The Morgan fingerprint density at radius 1 is 1.35 bits per heavy atom. The molecular formula is C23H25FN6O. The molecule has 8 heteroatoms. The second kappa shape index (κ2) is 7.44. The van der Waals surface area contributed by atoms with Gasteiger partial charge in [0.15, 0.2) is 0 Å². The summed E-state index contributed by atoms with van der Waals surface area (Å²) in [6, 6.07) is 3.85. The molecule has 1 saturated carbocycles. The summed E-state index contributed by atoms with van der Waals surface area (Å²) in [5.41, 5.74) is 2.29. The zero-order valence-corrected chi connectivity index (χ0v) is 17.7. The van der Waals surface area contributed by atoms with Crippen LogP contribution in [0.1, 0.15) is 49.3 Å². The van der Waals surface area contributed by atoms with Gasteiger partial charge in [0.1, 0.15) is 17.1 Å². The lowest BCUT2D eigenvalue weighted by molar-refractivity contribution is 0.0922. The number of hydrogen-bond acceptors (Lipinski definition) is 4. The smallest absolute Gasteiger partial charge is 0.255 e. The van der Waals surface area contributed by atoms with Crippen molar-refractivity contribution in [3.8, 4) is 11.1 Å². The van der Waals surface area contributed by atoms with Crippen LogP contribution in [-0.2, 0) is 6.42 Å². The van der Waals surface area contributed by atoms with Crippen LogP contribution in [-0.4, -0.2) is 42.7 Å². The molecular weight excluding hydrogens is 395 g/mol. The Hall–Kier alpha value is -3.29. The number of amides is 1. The first-order chi connectivity index (χ1) is 14.9. The summed E-state index contributed by atoms with van der Waals surface area (Å²) in [7, 11) is 0. The van der Waals surface area contributed by atoms with Crippen LogP contribution in [0.5, 0.6) is 0 Å². The van der Waals surface area contributed by atoms with Crippen molar-refractivity contribution in [2.24, 2.45) is 5.92 Å². The van der Waals surface area contributed by atoms with E-state index >= 15 is 0 Å². The maximum atomic E-state index is 13.8. The highest BCUT2D eigenvalue weighted by molar-refractivity contribution is 6.02. The lowest BCUT2D eigenvalue weighted by atomic mass is 9.83. The zero-order chi connectivity index (χ0) is 21.6. The van der Waals surface area contributed by atoms with E-state index in [1.54, 1.807) is 4.52 Å². The fourth-order valence-electron chi connectivity index (χ4n) is 3.94. The maximum absolute atomic E-state index is 13.8. The Bertz CT molecular complexity index is 1260. The number of H-pyrrole nitrogens is 1. The number of halogens is 1. The van der Waals surface area contributed by atoms with Crippen LogP contribution in [0.15, 0.2) is 36.9 Å². The van der Waals surface area contributed by atoms with Gasteiger partial charge >= 0.3 is 0 Å². The first kappa shape index (κ1) is 19.7. The van der Waals surface area contributed by atoms with Gasteiger partial charge in [0.2, 0.25) is 0 Å². The van der Waals surface area contributed by atoms with Gasteiger partial charge < -0.3 is 10.3 Å². The second-order valence-electron chi connectivity index (χ2n) is 8.96. The van der Waals surface area contributed by atoms with Crippen molar-refractivity contribution in [1.29, 1.82) is 0 Å². The molecule has 1 amide bonds. The van der Waals surface area contributed by atoms with Gasteiger partial charge in [0, 0.05) is 36.0 Å². The summed E-state index contributed by atoms with van der Waals surface area (Å²) < 4.78 is 15.4. The average Bonchev–Trinajstić information content (AvgIpc) is 3.31. The molecule has 160 valence electrons. The van der Waals surface area contributed by atoms with E-state index < -0.39 is 5.67 Å². The summed E-state index contributed by atoms with van der Waals surface area (Å²) in [5, 5.41) is 7.83. The molecule has 1 fully saturated rings. The van der Waals surface area contributed by atoms with Gasteiger partial charge in [-0.25, -0.2) is 18.9 Å². The third-order valence-corrected chi connectivity index (χ3v) is 5.92. The van der Waals surface area contributed by atoms with E-state index in [0.29, 0.717) is 17.0 Å². The Balaban J connectivity index is 1.46. The number of alkyl halides is 1. The van der Waals surface area contributed by atoms with Crippen LogP contribution < -0.4 is 5.32 Å². The Labute approximate surface area is 179 Å². The van der Waals surface area contributed by atoms with E-state index in [4.69, 9.17) is 4.98 Å². The highest BCUT2D eigenvalue weighted by Gasteiger charge is 2.21. The van der Waals surface area contributed by atoms with E-state index in [-0.39, 0.29) is 12.5 Å². The third-order valence-electron chi connectivity index (χ3n) is 5.92. The second-order valence-corrected chi connectivity index (χ2v) is 8.96. The summed E-state index contributed by atoms with van der Waals surface area (Å²) in [5.74, 6) is 1.25. The van der Waals surface area contributed by atoms with Gasteiger partial charge in [0.25, 0.3) is 5.91 Å². The molecule has 0 atom stereocenters. The first-order valence-electron chi connectivity index (χ1n) is 10.7. The minimum absolute atomic E-state index is 0.0636. The Kier molecular flexibility index (Phi) is 4.72. The molecule has 2 N–H and O–H groups in total. The van der Waals surface area contributed by atoms with Gasteiger partial charge in [-0.1, -0.05) is 19.3 Å². The molecule has 0 aliphatic heterocycles. The van der Waals surface area contributed by atoms with Crippen molar-refractivity contribution in [3.05, 3.63) is 48.3 Å². The molecule has 0 spiro atoms. The standard InChI is InChI=1S/C23H25FN6O/c1-23(2,24)13-27-22(31)18-12-28-30-7-6-15(9-19(18)30)16-10-26-21-17(16)11-25-20(29-21)8-14-4-3-5-14/h6-7,9-12,14H,3-5,8,13H2,1-2H3,(H,27,31)(H,25,26,29). The molecule has 0 unspecified atom stereocenters. The van der Waals surface area contributed by atoms with Crippen molar-refractivity contribution >= 4 is 22.5 Å². The molecule has 5 rings (SSSR count). The molecule has 0 saturated heterocycles. The fraction of sp³-hybridized carbons (Fsp3) is 0.391. The van der Waals surface area contributed by atoms with Gasteiger partial charge in [-0.15, -0.1) is 0 Å². The predicted octanol–water partition coefficient (Wildman–Crippen LogP) is 4.09. The number of carbonyl (C=O) groups is 1. The van der Waals surface area contributed by atoms with Crippen molar-refractivity contribution < 1.29 is 9.18 Å². The van der Waals surface area contributed by atoms with Crippen LogP contribution >= 0.6 is 0 Å². The molecule has 0 radical (unpaired) electrons. The van der Waals surface area contributed by atoms with Gasteiger partial charge in [0.05, 0.1) is 23.8 Å². The zero-order valence-electron chi connectivity index (χ0n) is 17.7. The number of pyridine rings is 1. The van der Waals surface area contributed by atoms with E-state index in [1.807, 2.05) is 30.7 Å². The highest BCUT2D eigenvalue weighted by atomic mass is 19.1. The first-order valence-corrected chi connectivity index (χ1v) is 10.7. The fourth-order valence-corrected chi connectivity index (χ4v) is 3.94. The topological polar surface area (TPSA) is 88.0 Å². The van der Waals surface area contributed by atoms with Crippen LogP contribution in [0.2, 0.25) is 0 Å². The summed E-state index contributed by atoms with van der Waals surface area (Å²) >= 11 is 0. The highest BCUT2D eigenvalue weighted by Crippen LogP contribution is 2.31. The van der Waals surface area contributed by atoms with Crippen LogP contribution in [0.25, 0.3) is 27.7 Å². The molecule has 4 heterocycles. The SMILES string of the molecule is CC(C)(F)CNC(=O)c1cnn2ccc(-c3c[nH]c4nc(CC5CCC5)ncc34)cc12. The normalized spacial score (nSPS) is 14.8. The van der Waals surface area contributed by atoms with E-state index in [9.17, 15) is 9.18 Å². The van der Waals surface area contributed by atoms with Crippen molar-refractivity contribution in [2.75, 3.05) is 6.54 Å². The van der Waals surface area contributed by atoms with Crippen LogP contribution in [0.3, 0.4) is 0 Å². The van der Waals surface area contributed by atoms with Crippen LogP contribution in [0.4, 0.5) is 4.39 Å². The van der Waals surface area contributed by atoms with E-state index in [1.165, 1.54) is 39.3 Å². The number of nitrogens with zero attached hydrogens (tertiary/aromatic N) is 4. The van der Waals surface area contributed by atoms with Crippen molar-refractivity contribution in [2.45, 2.75) is 45.2 Å². The lowest BCUT2D eigenvalue weighted by Gasteiger charge is -2.24. The number of aromatic amines is 1. The minimum atomic E-state index is -1.48. The molecule has 4 aromatic heterocycles. The van der Waals surface area contributed by atoms with Gasteiger partial charge in [-0.3, -0.25) is 4.79 Å². The number of nitrogens with one attached hydrogen (secondary N) is 2. The number of carbonyl (C=O) groups excluding carboxylic acids is 1. The van der Waals surface area contributed by atoms with Gasteiger partial charge in [-0.05, 0) is 37.5 Å². The Morgan fingerprint density at radius 2 is 2.19 bits per heavy atom. The van der Waals surface area contributed by atoms with E-state index in [0.717, 1.165) is 34.4 Å². The number of hydrogen-bond donors (Lipinski definition) is 2. The summed E-state index contributed by atoms with van der Waals surface area (Å²) in [4.78, 5) is 25.1. The molecule has 0 bridgehead atoms. The minimum Gasteiger partial charge on any atom is -0.349 e. The quantitative estimate of drug-likeness (QED) is 0.492. The molecule has 4 aromatic rings. The van der Waals surface area contributed by atoms with Crippen LogP contribution in [0, 0.1) is 5.92 Å². The number of fused-ring (bicyclic) bond motifs is 2. The molecule has 31 heavy (non-hydrogen) atoms. The number of rotatable bonds is 6. The van der Waals surface area contributed by atoms with Crippen molar-refractivity contribution in [3.63, 3.8) is 0 Å². The summed E-state index contributed by atoms with van der Waals surface area (Å²) in [6.45, 7) is 2.79. The maximum Gasteiger partial charge on any atom is 0.255 e. The molecule has 1 aliphatic carbocycles. The number of aromatic nitrogens is 5. The van der Waals surface area contributed by atoms with Crippen molar-refractivity contribution in [1.82, 2.24) is 29.9 Å². The predicted molar refractivity (Wildman–Crippen MR) is 117 cm³/mol.